The normalized spacial score (nSPS) is 17.9. The number of sulfonamides is 1. The van der Waals surface area contributed by atoms with Crippen LogP contribution in [0.25, 0.3) is 0 Å². The highest BCUT2D eigenvalue weighted by molar-refractivity contribution is 9.10. The Balaban J connectivity index is 2.42. The summed E-state index contributed by atoms with van der Waals surface area (Å²) >= 11 is 3.07. The summed E-state index contributed by atoms with van der Waals surface area (Å²) in [5.41, 5.74) is 0. The third-order valence-corrected chi connectivity index (χ3v) is 4.36. The van der Waals surface area contributed by atoms with Gasteiger partial charge in [-0.3, -0.25) is 4.84 Å². The topological polar surface area (TPSA) is 46.6 Å². The van der Waals surface area contributed by atoms with E-state index in [-0.39, 0.29) is 11.4 Å². The van der Waals surface area contributed by atoms with E-state index >= 15 is 0 Å². The monoisotopic (exact) mass is 309 g/mol. The van der Waals surface area contributed by atoms with Crippen LogP contribution in [0.1, 0.15) is 6.42 Å². The molecule has 88 valence electrons. The lowest BCUT2D eigenvalue weighted by Gasteiger charge is -2.14. The maximum Gasteiger partial charge on any atom is 0.267 e. The zero-order valence-corrected chi connectivity index (χ0v) is 10.6. The van der Waals surface area contributed by atoms with Gasteiger partial charge in [0.2, 0.25) is 0 Å². The average Bonchev–Trinajstić information content (AvgIpc) is 2.69. The SMILES string of the molecule is O=S(=O)(c1ccc(Br)cc1F)N1CCCO1. The van der Waals surface area contributed by atoms with Crippen LogP contribution in [-0.4, -0.2) is 26.0 Å². The molecule has 0 saturated carbocycles. The van der Waals surface area contributed by atoms with Gasteiger partial charge >= 0.3 is 0 Å². The zero-order valence-electron chi connectivity index (χ0n) is 8.19. The highest BCUT2D eigenvalue weighted by Crippen LogP contribution is 2.24. The first-order valence-corrected chi connectivity index (χ1v) is 6.86. The van der Waals surface area contributed by atoms with Crippen molar-refractivity contribution in [2.45, 2.75) is 11.3 Å². The van der Waals surface area contributed by atoms with Crippen LogP contribution >= 0.6 is 15.9 Å². The van der Waals surface area contributed by atoms with E-state index in [0.29, 0.717) is 17.5 Å². The number of hydrogen-bond donors (Lipinski definition) is 0. The fourth-order valence-corrected chi connectivity index (χ4v) is 3.09. The molecule has 0 aliphatic carbocycles. The van der Waals surface area contributed by atoms with Crippen molar-refractivity contribution in [1.82, 2.24) is 4.47 Å². The summed E-state index contributed by atoms with van der Waals surface area (Å²) < 4.78 is 38.7. The van der Waals surface area contributed by atoms with Gasteiger partial charge < -0.3 is 0 Å². The van der Waals surface area contributed by atoms with Crippen LogP contribution in [0.4, 0.5) is 4.39 Å². The van der Waals surface area contributed by atoms with Gasteiger partial charge in [-0.05, 0) is 24.6 Å². The minimum absolute atomic E-state index is 0.262. The second-order valence-corrected chi connectivity index (χ2v) is 6.01. The zero-order chi connectivity index (χ0) is 11.8. The number of rotatable bonds is 2. The van der Waals surface area contributed by atoms with Crippen LogP contribution in [0.3, 0.4) is 0 Å². The van der Waals surface area contributed by atoms with Gasteiger partial charge in [0.25, 0.3) is 10.0 Å². The quantitative estimate of drug-likeness (QED) is 0.838. The Labute approximate surface area is 101 Å². The lowest BCUT2D eigenvalue weighted by atomic mass is 10.3. The number of benzene rings is 1. The van der Waals surface area contributed by atoms with Crippen molar-refractivity contribution in [2.75, 3.05) is 13.2 Å². The standard InChI is InChI=1S/C9H9BrFNO3S/c10-7-2-3-9(8(11)6-7)16(13,14)12-4-1-5-15-12/h2-3,6H,1,4-5H2. The summed E-state index contributed by atoms with van der Waals surface area (Å²) in [6.07, 6.45) is 0.622. The van der Waals surface area contributed by atoms with Crippen molar-refractivity contribution in [3.63, 3.8) is 0 Å². The molecule has 2 rings (SSSR count). The van der Waals surface area contributed by atoms with Gasteiger partial charge in [0, 0.05) is 11.0 Å². The molecular weight excluding hydrogens is 301 g/mol. The molecule has 1 heterocycles. The predicted octanol–water partition coefficient (Wildman–Crippen LogP) is 1.91. The molecule has 1 aromatic carbocycles. The average molecular weight is 310 g/mol. The lowest BCUT2D eigenvalue weighted by molar-refractivity contribution is -0.0286. The first-order valence-electron chi connectivity index (χ1n) is 4.62. The van der Waals surface area contributed by atoms with Gasteiger partial charge in [-0.1, -0.05) is 20.4 Å². The highest BCUT2D eigenvalue weighted by Gasteiger charge is 2.31. The summed E-state index contributed by atoms with van der Waals surface area (Å²) in [4.78, 5) is 4.56. The molecule has 0 amide bonds. The van der Waals surface area contributed by atoms with E-state index in [1.54, 1.807) is 0 Å². The molecule has 1 aromatic rings. The molecule has 16 heavy (non-hydrogen) atoms. The van der Waals surface area contributed by atoms with Gasteiger partial charge in [-0.2, -0.15) is 0 Å². The second kappa shape index (κ2) is 4.40. The summed E-state index contributed by atoms with van der Waals surface area (Å²) in [5.74, 6) is -0.787. The van der Waals surface area contributed by atoms with E-state index in [4.69, 9.17) is 4.84 Å². The van der Waals surface area contributed by atoms with Gasteiger partial charge in [0.05, 0.1) is 6.61 Å². The Morgan fingerprint density at radius 2 is 2.19 bits per heavy atom. The van der Waals surface area contributed by atoms with E-state index < -0.39 is 15.8 Å². The molecule has 0 bridgehead atoms. The minimum Gasteiger partial charge on any atom is -0.284 e. The fourth-order valence-electron chi connectivity index (χ4n) is 1.41. The largest absolute Gasteiger partial charge is 0.284 e. The van der Waals surface area contributed by atoms with E-state index in [2.05, 4.69) is 15.9 Å². The van der Waals surface area contributed by atoms with Crippen molar-refractivity contribution >= 4 is 26.0 Å². The molecule has 0 N–H and O–H groups in total. The summed E-state index contributed by atoms with van der Waals surface area (Å²) in [7, 11) is -3.87. The van der Waals surface area contributed by atoms with Crippen LogP contribution in [0.5, 0.6) is 0 Å². The number of halogens is 2. The predicted molar refractivity (Wildman–Crippen MR) is 58.6 cm³/mol. The smallest absolute Gasteiger partial charge is 0.267 e. The number of nitrogens with zero attached hydrogens (tertiary/aromatic N) is 1. The van der Waals surface area contributed by atoms with Crippen molar-refractivity contribution in [2.24, 2.45) is 0 Å². The Bertz CT molecular complexity index is 499. The van der Waals surface area contributed by atoms with E-state index in [9.17, 15) is 12.8 Å². The molecule has 1 saturated heterocycles. The Morgan fingerprint density at radius 3 is 2.75 bits per heavy atom. The maximum atomic E-state index is 13.5. The molecule has 4 nitrogen and oxygen atoms in total. The van der Waals surface area contributed by atoms with Crippen LogP contribution in [0.2, 0.25) is 0 Å². The van der Waals surface area contributed by atoms with Crippen molar-refractivity contribution in [3.05, 3.63) is 28.5 Å². The van der Waals surface area contributed by atoms with Crippen molar-refractivity contribution < 1.29 is 17.6 Å². The molecule has 0 atom stereocenters. The number of hydrogen-bond acceptors (Lipinski definition) is 3. The van der Waals surface area contributed by atoms with Crippen LogP contribution in [-0.2, 0) is 14.9 Å². The third-order valence-electron chi connectivity index (χ3n) is 2.16. The molecule has 1 aliphatic heterocycles. The molecule has 0 spiro atoms. The van der Waals surface area contributed by atoms with Crippen LogP contribution in [0, 0.1) is 5.82 Å². The van der Waals surface area contributed by atoms with Crippen molar-refractivity contribution in [3.8, 4) is 0 Å². The number of hydroxylamine groups is 1. The molecule has 1 fully saturated rings. The Kier molecular flexibility index (Phi) is 3.29. The molecular formula is C9H9BrFNO3S. The van der Waals surface area contributed by atoms with Gasteiger partial charge in [0.1, 0.15) is 10.7 Å². The first-order chi connectivity index (χ1) is 7.51. The van der Waals surface area contributed by atoms with Gasteiger partial charge in [-0.25, -0.2) is 12.8 Å². The van der Waals surface area contributed by atoms with Crippen LogP contribution in [0.15, 0.2) is 27.6 Å². The highest BCUT2D eigenvalue weighted by atomic mass is 79.9. The van der Waals surface area contributed by atoms with Crippen molar-refractivity contribution in [1.29, 1.82) is 0 Å². The first kappa shape index (κ1) is 12.0. The maximum absolute atomic E-state index is 13.5. The van der Waals surface area contributed by atoms with E-state index in [0.717, 1.165) is 10.5 Å². The molecule has 0 unspecified atom stereocenters. The van der Waals surface area contributed by atoms with E-state index in [1.165, 1.54) is 12.1 Å². The van der Waals surface area contributed by atoms with Crippen LogP contribution < -0.4 is 0 Å². The fraction of sp³-hybridized carbons (Fsp3) is 0.333. The Morgan fingerprint density at radius 1 is 1.44 bits per heavy atom. The molecule has 0 aromatic heterocycles. The summed E-state index contributed by atoms with van der Waals surface area (Å²) in [6.45, 7) is 0.606. The van der Waals surface area contributed by atoms with E-state index in [1.807, 2.05) is 0 Å². The molecule has 1 aliphatic rings. The Hall–Kier alpha value is -0.500. The minimum atomic E-state index is -3.87. The summed E-state index contributed by atoms with van der Waals surface area (Å²) in [6, 6.07) is 3.81. The molecule has 7 heteroatoms. The van der Waals surface area contributed by atoms with Gasteiger partial charge in [0.15, 0.2) is 0 Å². The van der Waals surface area contributed by atoms with Gasteiger partial charge in [-0.15, -0.1) is 0 Å². The molecule has 0 radical (unpaired) electrons. The summed E-state index contributed by atoms with van der Waals surface area (Å²) in [5, 5.41) is 0. The second-order valence-electron chi connectivity index (χ2n) is 3.29. The lowest BCUT2D eigenvalue weighted by Crippen LogP contribution is -2.27. The third kappa shape index (κ3) is 2.13.